The molecule has 0 bridgehead atoms. The van der Waals surface area contributed by atoms with Crippen molar-refractivity contribution >= 4 is 17.6 Å². The summed E-state index contributed by atoms with van der Waals surface area (Å²) < 4.78 is 43.0. The summed E-state index contributed by atoms with van der Waals surface area (Å²) in [5.74, 6) is -1.59. The van der Waals surface area contributed by atoms with Gasteiger partial charge in [-0.05, 0) is 29.3 Å². The van der Waals surface area contributed by atoms with Gasteiger partial charge in [-0.15, -0.1) is 0 Å². The first-order valence-electron chi connectivity index (χ1n) is 7.56. The third kappa shape index (κ3) is 3.81. The van der Waals surface area contributed by atoms with Gasteiger partial charge in [0.2, 0.25) is 5.91 Å². The van der Waals surface area contributed by atoms with E-state index in [4.69, 9.17) is 4.74 Å². The van der Waals surface area contributed by atoms with Crippen LogP contribution in [0.4, 0.5) is 18.9 Å². The lowest BCUT2D eigenvalue weighted by molar-refractivity contribution is -0.146. The molecule has 1 heterocycles. The highest BCUT2D eigenvalue weighted by Gasteiger charge is 2.33. The van der Waals surface area contributed by atoms with E-state index in [9.17, 15) is 22.8 Å². The Morgan fingerprint density at radius 2 is 1.88 bits per heavy atom. The number of carbonyl (C=O) groups is 2. The molecule has 0 spiro atoms. The number of alkyl halides is 3. The average Bonchev–Trinajstić information content (AvgIpc) is 2.88. The molecule has 0 saturated heterocycles. The zero-order valence-electron chi connectivity index (χ0n) is 13.0. The van der Waals surface area contributed by atoms with Crippen molar-refractivity contribution in [3.05, 3.63) is 65.2 Å². The number of esters is 1. The highest BCUT2D eigenvalue weighted by atomic mass is 19.4. The van der Waals surface area contributed by atoms with Crippen LogP contribution in [0.5, 0.6) is 0 Å². The number of nitrogens with one attached hydrogen (secondary N) is 1. The van der Waals surface area contributed by atoms with Crippen molar-refractivity contribution in [3.63, 3.8) is 0 Å². The van der Waals surface area contributed by atoms with Crippen LogP contribution in [0.25, 0.3) is 0 Å². The lowest BCUT2D eigenvalue weighted by Gasteiger charge is -2.11. The highest BCUT2D eigenvalue weighted by molar-refractivity contribution is 6.04. The van der Waals surface area contributed by atoms with E-state index in [1.165, 1.54) is 12.1 Å². The van der Waals surface area contributed by atoms with Gasteiger partial charge in [0.05, 0.1) is 17.9 Å². The predicted molar refractivity (Wildman–Crippen MR) is 83.7 cm³/mol. The molecule has 1 atom stereocenters. The van der Waals surface area contributed by atoms with E-state index in [1.807, 2.05) is 0 Å². The van der Waals surface area contributed by atoms with Crippen LogP contribution in [0.2, 0.25) is 0 Å². The van der Waals surface area contributed by atoms with Gasteiger partial charge in [0.1, 0.15) is 6.61 Å². The van der Waals surface area contributed by atoms with Gasteiger partial charge in [0.25, 0.3) is 0 Å². The highest BCUT2D eigenvalue weighted by Crippen LogP contribution is 2.34. The molecule has 0 aromatic heterocycles. The molecule has 2 aromatic rings. The minimum atomic E-state index is -4.45. The summed E-state index contributed by atoms with van der Waals surface area (Å²) >= 11 is 0. The molecule has 1 amide bonds. The van der Waals surface area contributed by atoms with E-state index in [0.29, 0.717) is 11.3 Å². The number of ether oxygens (including phenoxy) is 1. The van der Waals surface area contributed by atoms with E-state index in [2.05, 4.69) is 5.32 Å². The van der Waals surface area contributed by atoms with E-state index in [1.54, 1.807) is 24.3 Å². The molecule has 1 N–H and O–H groups in total. The normalized spacial score (nSPS) is 16.3. The number of para-hydroxylation sites is 1. The van der Waals surface area contributed by atoms with Crippen LogP contribution in [0.3, 0.4) is 0 Å². The number of hydrogen-bond acceptors (Lipinski definition) is 3. The quantitative estimate of drug-likeness (QED) is 0.853. The Hall–Kier alpha value is -2.83. The van der Waals surface area contributed by atoms with Crippen molar-refractivity contribution in [2.75, 3.05) is 5.32 Å². The largest absolute Gasteiger partial charge is 0.461 e. The van der Waals surface area contributed by atoms with Gasteiger partial charge in [0, 0.05) is 5.69 Å². The van der Waals surface area contributed by atoms with Crippen molar-refractivity contribution in [2.45, 2.75) is 25.1 Å². The van der Waals surface area contributed by atoms with Gasteiger partial charge in [-0.25, -0.2) is 0 Å². The molecule has 1 aliphatic rings. The summed E-state index contributed by atoms with van der Waals surface area (Å²) in [6.45, 7) is -0.279. The summed E-state index contributed by atoms with van der Waals surface area (Å²) in [4.78, 5) is 23.9. The van der Waals surface area contributed by atoms with Crippen LogP contribution in [0.1, 0.15) is 29.0 Å². The number of amides is 1. The molecule has 25 heavy (non-hydrogen) atoms. The van der Waals surface area contributed by atoms with E-state index < -0.39 is 23.6 Å². The number of halogens is 3. The smallest absolute Gasteiger partial charge is 0.416 e. The van der Waals surface area contributed by atoms with Gasteiger partial charge in [-0.3, -0.25) is 9.59 Å². The number of fused-ring (bicyclic) bond motifs is 1. The van der Waals surface area contributed by atoms with Crippen molar-refractivity contribution < 1.29 is 27.5 Å². The number of rotatable bonds is 4. The summed E-state index contributed by atoms with van der Waals surface area (Å²) in [6, 6.07) is 11.6. The van der Waals surface area contributed by atoms with Gasteiger partial charge < -0.3 is 10.1 Å². The Bertz CT molecular complexity index is 817. The fraction of sp³-hybridized carbons (Fsp3) is 0.222. The SMILES string of the molecule is O=C(C[C@H]1C(=O)Nc2ccccc21)OCc1cccc(C(F)(F)F)c1. The maximum absolute atomic E-state index is 12.7. The first-order chi connectivity index (χ1) is 11.8. The fourth-order valence-corrected chi connectivity index (χ4v) is 2.71. The molecule has 0 saturated carbocycles. The van der Waals surface area contributed by atoms with E-state index >= 15 is 0 Å². The van der Waals surface area contributed by atoms with Crippen molar-refractivity contribution in [1.82, 2.24) is 0 Å². The lowest BCUT2D eigenvalue weighted by Crippen LogP contribution is -2.17. The van der Waals surface area contributed by atoms with Crippen LogP contribution >= 0.6 is 0 Å². The first kappa shape index (κ1) is 17.0. The summed E-state index contributed by atoms with van der Waals surface area (Å²) in [7, 11) is 0. The number of hydrogen-bond donors (Lipinski definition) is 1. The molecular formula is C18H14F3NO3. The Morgan fingerprint density at radius 1 is 1.12 bits per heavy atom. The van der Waals surface area contributed by atoms with Crippen LogP contribution in [0.15, 0.2) is 48.5 Å². The second kappa shape index (κ2) is 6.58. The number of anilines is 1. The molecule has 2 aromatic carbocycles. The summed E-state index contributed by atoms with van der Waals surface area (Å²) in [5.41, 5.74) is 0.802. The first-order valence-corrected chi connectivity index (χ1v) is 7.56. The maximum atomic E-state index is 12.7. The third-order valence-electron chi connectivity index (χ3n) is 3.94. The molecule has 130 valence electrons. The molecule has 0 fully saturated rings. The van der Waals surface area contributed by atoms with Gasteiger partial charge in [0.15, 0.2) is 0 Å². The predicted octanol–water partition coefficient (Wildman–Crippen LogP) is 3.87. The standard InChI is InChI=1S/C18H14F3NO3/c19-18(20,21)12-5-3-4-11(8-12)10-25-16(23)9-14-13-6-1-2-7-15(13)22-17(14)24/h1-8,14H,9-10H2,(H,22,24)/t14-/m1/s1. The number of benzene rings is 2. The molecule has 0 radical (unpaired) electrons. The van der Waals surface area contributed by atoms with Gasteiger partial charge in [-0.1, -0.05) is 30.3 Å². The van der Waals surface area contributed by atoms with Crippen LogP contribution in [0, 0.1) is 0 Å². The van der Waals surface area contributed by atoms with E-state index in [0.717, 1.165) is 12.1 Å². The minimum absolute atomic E-state index is 0.165. The third-order valence-corrected chi connectivity index (χ3v) is 3.94. The van der Waals surface area contributed by atoms with E-state index in [-0.39, 0.29) is 24.5 Å². The molecule has 0 unspecified atom stereocenters. The molecule has 0 aliphatic carbocycles. The van der Waals surface area contributed by atoms with Crippen LogP contribution < -0.4 is 5.32 Å². The number of carbonyl (C=O) groups excluding carboxylic acids is 2. The molecule has 4 nitrogen and oxygen atoms in total. The minimum Gasteiger partial charge on any atom is -0.461 e. The van der Waals surface area contributed by atoms with Crippen molar-refractivity contribution in [2.24, 2.45) is 0 Å². The topological polar surface area (TPSA) is 55.4 Å². The molecule has 3 rings (SSSR count). The Kier molecular flexibility index (Phi) is 4.48. The van der Waals surface area contributed by atoms with Crippen molar-refractivity contribution in [3.8, 4) is 0 Å². The van der Waals surface area contributed by atoms with Crippen molar-refractivity contribution in [1.29, 1.82) is 0 Å². The maximum Gasteiger partial charge on any atom is 0.416 e. The second-order valence-electron chi connectivity index (χ2n) is 5.69. The molecular weight excluding hydrogens is 335 g/mol. The zero-order valence-corrected chi connectivity index (χ0v) is 13.0. The zero-order chi connectivity index (χ0) is 18.0. The molecule has 1 aliphatic heterocycles. The van der Waals surface area contributed by atoms with Crippen LogP contribution in [-0.2, 0) is 27.1 Å². The average molecular weight is 349 g/mol. The Balaban J connectivity index is 1.62. The fourth-order valence-electron chi connectivity index (χ4n) is 2.71. The van der Waals surface area contributed by atoms with Crippen LogP contribution in [-0.4, -0.2) is 11.9 Å². The molecule has 7 heteroatoms. The lowest BCUT2D eigenvalue weighted by atomic mass is 9.97. The Labute approximate surface area is 141 Å². The van der Waals surface area contributed by atoms with Gasteiger partial charge in [-0.2, -0.15) is 13.2 Å². The monoisotopic (exact) mass is 349 g/mol. The Morgan fingerprint density at radius 3 is 2.64 bits per heavy atom. The summed E-state index contributed by atoms with van der Waals surface area (Å²) in [6.07, 6.45) is -4.62. The van der Waals surface area contributed by atoms with Gasteiger partial charge >= 0.3 is 12.1 Å². The second-order valence-corrected chi connectivity index (χ2v) is 5.69. The summed E-state index contributed by atoms with van der Waals surface area (Å²) in [5, 5.41) is 2.68.